The minimum absolute atomic E-state index is 0. The first-order chi connectivity index (χ1) is 8.52. The molecule has 0 radical (unpaired) electrons. The number of benzene rings is 1. The van der Waals surface area contributed by atoms with Crippen LogP contribution >= 0.6 is 0 Å². The Kier molecular flexibility index (Phi) is 7.29. The molecule has 0 spiro atoms. The summed E-state index contributed by atoms with van der Waals surface area (Å²) < 4.78 is 13.3. The van der Waals surface area contributed by atoms with E-state index >= 15 is 0 Å². The van der Waals surface area contributed by atoms with Crippen LogP contribution in [0, 0.1) is 27.4 Å². The van der Waals surface area contributed by atoms with Crippen LogP contribution in [0.5, 0.6) is 0 Å². The molecule has 0 atom stereocenters. The topological polar surface area (TPSA) is 125 Å². The van der Waals surface area contributed by atoms with Crippen LogP contribution in [-0.4, -0.2) is 4.92 Å². The van der Waals surface area contributed by atoms with Crippen molar-refractivity contribution in [3.8, 4) is 6.19 Å². The SMILES string of the molecule is N#CN=c1[n-]c2cc(F)c([N+](=O)[O-])cc2[n-]c1=O.[Na+].[Na+]. The molecule has 2 aromatic rings. The van der Waals surface area contributed by atoms with E-state index in [0.29, 0.717) is 0 Å². The van der Waals surface area contributed by atoms with Gasteiger partial charge >= 0.3 is 64.8 Å². The van der Waals surface area contributed by atoms with Gasteiger partial charge in [-0.1, -0.05) is 5.52 Å². The molecule has 0 saturated carbocycles. The zero-order valence-electron chi connectivity index (χ0n) is 10.5. The van der Waals surface area contributed by atoms with E-state index in [1.54, 1.807) is 0 Å². The number of halogens is 1. The van der Waals surface area contributed by atoms with Gasteiger partial charge in [-0.3, -0.25) is 10.1 Å². The molecule has 0 aliphatic carbocycles. The van der Waals surface area contributed by atoms with Gasteiger partial charge in [0.1, 0.15) is 0 Å². The molecule has 1 heterocycles. The molecule has 0 N–H and O–H groups in total. The third-order valence-corrected chi connectivity index (χ3v) is 2.04. The summed E-state index contributed by atoms with van der Waals surface area (Å²) in [6.45, 7) is 0. The molecular formula is C9H2FN5Na2O3. The van der Waals surface area contributed by atoms with Crippen LogP contribution in [0.4, 0.5) is 10.1 Å². The van der Waals surface area contributed by atoms with Crippen LogP contribution in [0.3, 0.4) is 0 Å². The van der Waals surface area contributed by atoms with Crippen LogP contribution in [-0.2, 0) is 0 Å². The van der Waals surface area contributed by atoms with E-state index in [-0.39, 0.29) is 70.1 Å². The van der Waals surface area contributed by atoms with Gasteiger partial charge in [0.2, 0.25) is 5.82 Å². The second kappa shape index (κ2) is 7.68. The maximum Gasteiger partial charge on any atom is 1.00 e. The summed E-state index contributed by atoms with van der Waals surface area (Å²) in [5.41, 5.74) is -2.43. The molecule has 0 aliphatic heterocycles. The fraction of sp³-hybridized carbons (Fsp3) is 0. The molecule has 0 fully saturated rings. The number of nitro benzene ring substituents is 1. The average molecular weight is 293 g/mol. The van der Waals surface area contributed by atoms with Gasteiger partial charge in [-0.05, 0) is 11.6 Å². The minimum Gasteiger partial charge on any atom is -0.623 e. The van der Waals surface area contributed by atoms with Crippen molar-refractivity contribution in [3.63, 3.8) is 0 Å². The van der Waals surface area contributed by atoms with Gasteiger partial charge < -0.3 is 19.8 Å². The quantitative estimate of drug-likeness (QED) is 0.223. The first-order valence-electron chi connectivity index (χ1n) is 4.45. The first kappa shape index (κ1) is 19.0. The summed E-state index contributed by atoms with van der Waals surface area (Å²) >= 11 is 0. The summed E-state index contributed by atoms with van der Waals surface area (Å²) in [7, 11) is 0. The average Bonchev–Trinajstić information content (AvgIpc) is 2.30. The molecule has 20 heavy (non-hydrogen) atoms. The third-order valence-electron chi connectivity index (χ3n) is 2.04. The molecule has 2 rings (SSSR count). The van der Waals surface area contributed by atoms with Crippen LogP contribution in [0.2, 0.25) is 0 Å². The van der Waals surface area contributed by atoms with Crippen LogP contribution in [0.25, 0.3) is 11.0 Å². The monoisotopic (exact) mass is 293 g/mol. The van der Waals surface area contributed by atoms with Gasteiger partial charge in [0, 0.05) is 6.07 Å². The zero-order valence-corrected chi connectivity index (χ0v) is 14.5. The smallest absolute Gasteiger partial charge is 0.623 e. The third kappa shape index (κ3) is 3.76. The Hall–Kier alpha value is -1.02. The molecule has 1 aromatic carbocycles. The van der Waals surface area contributed by atoms with E-state index in [1.807, 2.05) is 0 Å². The second-order valence-corrected chi connectivity index (χ2v) is 3.11. The number of fused-ring (bicyclic) bond motifs is 1. The Morgan fingerprint density at radius 3 is 2.45 bits per heavy atom. The second-order valence-electron chi connectivity index (χ2n) is 3.11. The van der Waals surface area contributed by atoms with E-state index in [9.17, 15) is 19.3 Å². The summed E-state index contributed by atoms with van der Waals surface area (Å²) in [4.78, 5) is 31.0. The molecule has 0 saturated heterocycles. The normalized spacial score (nSPS) is 10.3. The van der Waals surface area contributed by atoms with Crippen molar-refractivity contribution < 1.29 is 68.4 Å². The Morgan fingerprint density at radius 1 is 1.30 bits per heavy atom. The summed E-state index contributed by atoms with van der Waals surface area (Å²) in [5.74, 6) is -1.11. The molecule has 0 aliphatic rings. The Balaban J connectivity index is 0.00000180. The van der Waals surface area contributed by atoms with Crippen molar-refractivity contribution in [2.75, 3.05) is 0 Å². The molecule has 0 amide bonds. The van der Waals surface area contributed by atoms with Gasteiger partial charge in [0.25, 0.3) is 0 Å². The predicted octanol–water partition coefficient (Wildman–Crippen LogP) is -6.45. The number of hydrogen-bond acceptors (Lipinski definition) is 5. The summed E-state index contributed by atoms with van der Waals surface area (Å²) in [6.07, 6.45) is 1.35. The zero-order chi connectivity index (χ0) is 13.3. The number of nitriles is 1. The minimum atomic E-state index is -1.11. The maximum atomic E-state index is 13.3. The Bertz CT molecular complexity index is 823. The maximum absolute atomic E-state index is 13.3. The number of aromatic nitrogens is 2. The first-order valence-corrected chi connectivity index (χ1v) is 4.45. The molecular weight excluding hydrogens is 291 g/mol. The Labute approximate surface area is 154 Å². The fourth-order valence-electron chi connectivity index (χ4n) is 1.30. The number of nitro groups is 1. The van der Waals surface area contributed by atoms with Gasteiger partial charge in [0.15, 0.2) is 0 Å². The molecule has 1 aromatic heterocycles. The summed E-state index contributed by atoms with van der Waals surface area (Å²) in [5, 5.41) is 18.8. The van der Waals surface area contributed by atoms with Gasteiger partial charge in [-0.2, -0.15) is 9.65 Å². The number of hydrogen-bond donors (Lipinski definition) is 0. The molecule has 8 nitrogen and oxygen atoms in total. The van der Waals surface area contributed by atoms with Gasteiger partial charge in [0.05, 0.1) is 16.7 Å². The van der Waals surface area contributed by atoms with Crippen molar-refractivity contribution >= 4 is 16.7 Å². The van der Waals surface area contributed by atoms with Crippen molar-refractivity contribution in [3.05, 3.63) is 43.9 Å². The fourth-order valence-corrected chi connectivity index (χ4v) is 1.30. The van der Waals surface area contributed by atoms with E-state index in [1.165, 1.54) is 6.19 Å². The largest absolute Gasteiger partial charge is 1.00 e. The van der Waals surface area contributed by atoms with Crippen LogP contribution in [0.1, 0.15) is 0 Å². The van der Waals surface area contributed by atoms with Crippen molar-refractivity contribution in [2.24, 2.45) is 4.99 Å². The van der Waals surface area contributed by atoms with Crippen LogP contribution < -0.4 is 80.1 Å². The van der Waals surface area contributed by atoms with E-state index < -0.39 is 27.5 Å². The number of rotatable bonds is 1. The predicted molar refractivity (Wildman–Crippen MR) is 54.6 cm³/mol. The van der Waals surface area contributed by atoms with Crippen molar-refractivity contribution in [2.45, 2.75) is 0 Å². The molecule has 90 valence electrons. The standard InChI is InChI=1S/C9H3FN5O3.2Na/c10-4-1-5-6(2-7(4)15(17)18)14-9(16)8(13-5)12-3-11;;/h1-2H,(H-,12,13,14,16);;/q-1;2*+1/p-1. The molecule has 0 unspecified atom stereocenters. The molecule has 0 bridgehead atoms. The Morgan fingerprint density at radius 2 is 1.90 bits per heavy atom. The van der Waals surface area contributed by atoms with Crippen molar-refractivity contribution in [1.29, 1.82) is 5.26 Å². The van der Waals surface area contributed by atoms with E-state index in [0.717, 1.165) is 12.1 Å². The van der Waals surface area contributed by atoms with Crippen LogP contribution in [0.15, 0.2) is 21.9 Å². The van der Waals surface area contributed by atoms with Gasteiger partial charge in [-0.15, -0.1) is 5.52 Å². The van der Waals surface area contributed by atoms with Gasteiger partial charge in [-0.25, -0.2) is 0 Å². The van der Waals surface area contributed by atoms with Crippen molar-refractivity contribution in [1.82, 2.24) is 9.97 Å². The van der Waals surface area contributed by atoms with E-state index in [4.69, 9.17) is 5.26 Å². The van der Waals surface area contributed by atoms with E-state index in [2.05, 4.69) is 15.0 Å². The number of nitrogens with zero attached hydrogens (tertiary/aromatic N) is 5. The molecule has 11 heteroatoms. The summed E-state index contributed by atoms with van der Waals surface area (Å²) in [6, 6.07) is 1.56.